The second kappa shape index (κ2) is 5.68. The quantitative estimate of drug-likeness (QED) is 0.821. The lowest BCUT2D eigenvalue weighted by Crippen LogP contribution is -2.19. The Balaban J connectivity index is 2.06. The van der Waals surface area contributed by atoms with Crippen LogP contribution in [0.3, 0.4) is 0 Å². The van der Waals surface area contributed by atoms with Gasteiger partial charge in [-0.25, -0.2) is 4.98 Å². The Kier molecular flexibility index (Phi) is 3.99. The topological polar surface area (TPSA) is 70.7 Å². The van der Waals surface area contributed by atoms with Crippen molar-refractivity contribution in [3.63, 3.8) is 0 Å². The summed E-state index contributed by atoms with van der Waals surface area (Å²) in [7, 11) is 1.61. The summed E-state index contributed by atoms with van der Waals surface area (Å²) in [6.45, 7) is 2.04. The first kappa shape index (κ1) is 12.6. The number of amides is 1. The zero-order chi connectivity index (χ0) is 13.0. The molecule has 1 aromatic heterocycles. The molecule has 18 heavy (non-hydrogen) atoms. The minimum atomic E-state index is -0.0401. The first-order valence-corrected chi connectivity index (χ1v) is 6.50. The van der Waals surface area contributed by atoms with Crippen molar-refractivity contribution in [3.05, 3.63) is 29.8 Å². The number of nitrogens with one attached hydrogen (secondary N) is 2. The number of hydrogen-bond acceptors (Lipinski definition) is 4. The van der Waals surface area contributed by atoms with Crippen LogP contribution in [0.5, 0.6) is 0 Å². The predicted octanol–water partition coefficient (Wildman–Crippen LogP) is 1.62. The van der Waals surface area contributed by atoms with E-state index in [-0.39, 0.29) is 5.91 Å². The molecule has 0 unspecified atom stereocenters. The lowest BCUT2D eigenvalue weighted by molar-refractivity contribution is -0.118. The van der Waals surface area contributed by atoms with E-state index in [0.29, 0.717) is 10.9 Å². The average Bonchev–Trinajstić information content (AvgIpc) is 2.85. The molecule has 0 radical (unpaired) electrons. The lowest BCUT2D eigenvalue weighted by atomic mass is 10.1. The van der Waals surface area contributed by atoms with E-state index in [1.54, 1.807) is 7.05 Å². The standard InChI is InChI=1S/C12H14N4OS/c1-8-3-5-9(6-4-8)11-14-12(16-15-11)18-7-10(17)13-2/h3-6H,7H2,1-2H3,(H,13,17)(H,14,15,16). The van der Waals surface area contributed by atoms with Crippen LogP contribution in [0.2, 0.25) is 0 Å². The van der Waals surface area contributed by atoms with Gasteiger partial charge in [0.05, 0.1) is 5.75 Å². The smallest absolute Gasteiger partial charge is 0.230 e. The van der Waals surface area contributed by atoms with Crippen LogP contribution >= 0.6 is 11.8 Å². The maximum Gasteiger partial charge on any atom is 0.230 e. The van der Waals surface area contributed by atoms with Crippen LogP contribution in [-0.2, 0) is 4.79 Å². The third kappa shape index (κ3) is 3.10. The summed E-state index contributed by atoms with van der Waals surface area (Å²) < 4.78 is 0. The molecule has 0 bridgehead atoms. The second-order valence-corrected chi connectivity index (χ2v) is 4.74. The summed E-state index contributed by atoms with van der Waals surface area (Å²) in [5, 5.41) is 10.1. The summed E-state index contributed by atoms with van der Waals surface area (Å²) in [6, 6.07) is 8.02. The minimum absolute atomic E-state index is 0.0401. The zero-order valence-corrected chi connectivity index (χ0v) is 11.0. The van der Waals surface area contributed by atoms with Crippen molar-refractivity contribution in [2.75, 3.05) is 12.8 Å². The Morgan fingerprint density at radius 1 is 1.39 bits per heavy atom. The number of thioether (sulfide) groups is 1. The van der Waals surface area contributed by atoms with Gasteiger partial charge in [-0.3, -0.25) is 9.89 Å². The van der Waals surface area contributed by atoms with E-state index in [9.17, 15) is 4.79 Å². The van der Waals surface area contributed by atoms with E-state index in [1.807, 2.05) is 31.2 Å². The first-order valence-electron chi connectivity index (χ1n) is 5.52. The van der Waals surface area contributed by atoms with Crippen molar-refractivity contribution in [1.29, 1.82) is 0 Å². The Morgan fingerprint density at radius 2 is 2.11 bits per heavy atom. The van der Waals surface area contributed by atoms with Crippen LogP contribution < -0.4 is 5.32 Å². The van der Waals surface area contributed by atoms with Gasteiger partial charge in [-0.1, -0.05) is 41.6 Å². The Morgan fingerprint density at radius 3 is 2.78 bits per heavy atom. The van der Waals surface area contributed by atoms with Crippen LogP contribution in [0.15, 0.2) is 29.4 Å². The number of carbonyl (C=O) groups excluding carboxylic acids is 1. The number of H-pyrrole nitrogens is 1. The number of nitrogens with zero attached hydrogens (tertiary/aromatic N) is 2. The molecular weight excluding hydrogens is 248 g/mol. The highest BCUT2D eigenvalue weighted by molar-refractivity contribution is 7.99. The summed E-state index contributed by atoms with van der Waals surface area (Å²) in [4.78, 5) is 15.4. The van der Waals surface area contributed by atoms with Crippen LogP contribution in [-0.4, -0.2) is 33.9 Å². The number of carbonyl (C=O) groups is 1. The Bertz CT molecular complexity index is 535. The number of benzene rings is 1. The molecular formula is C12H14N4OS. The molecule has 0 aliphatic heterocycles. The number of rotatable bonds is 4. The molecule has 2 rings (SSSR count). The lowest BCUT2D eigenvalue weighted by Gasteiger charge is -1.96. The highest BCUT2D eigenvalue weighted by Gasteiger charge is 2.07. The van der Waals surface area contributed by atoms with Crippen molar-refractivity contribution < 1.29 is 4.79 Å². The molecule has 5 nitrogen and oxygen atoms in total. The highest BCUT2D eigenvalue weighted by atomic mass is 32.2. The fraction of sp³-hybridized carbons (Fsp3) is 0.250. The summed E-state index contributed by atoms with van der Waals surface area (Å²) >= 11 is 1.31. The van der Waals surface area contributed by atoms with Gasteiger partial charge < -0.3 is 5.32 Å². The van der Waals surface area contributed by atoms with Gasteiger partial charge in [0.15, 0.2) is 5.82 Å². The van der Waals surface area contributed by atoms with Gasteiger partial charge in [-0.2, -0.15) is 0 Å². The fourth-order valence-corrected chi connectivity index (χ4v) is 2.02. The van der Waals surface area contributed by atoms with Crippen molar-refractivity contribution in [1.82, 2.24) is 20.5 Å². The monoisotopic (exact) mass is 262 g/mol. The molecule has 0 atom stereocenters. The maximum absolute atomic E-state index is 11.1. The van der Waals surface area contributed by atoms with Crippen molar-refractivity contribution >= 4 is 17.7 Å². The molecule has 2 N–H and O–H groups in total. The summed E-state index contributed by atoms with van der Waals surface area (Å²) in [6.07, 6.45) is 0. The van der Waals surface area contributed by atoms with Crippen molar-refractivity contribution in [2.45, 2.75) is 12.1 Å². The van der Waals surface area contributed by atoms with Gasteiger partial charge in [0.25, 0.3) is 0 Å². The third-order valence-electron chi connectivity index (χ3n) is 2.40. The average molecular weight is 262 g/mol. The SMILES string of the molecule is CNC(=O)CSc1n[nH]c(-c2ccc(C)cc2)n1. The number of aromatic amines is 1. The molecule has 0 fully saturated rings. The van der Waals surface area contributed by atoms with Gasteiger partial charge >= 0.3 is 0 Å². The van der Waals surface area contributed by atoms with Crippen LogP contribution in [0.1, 0.15) is 5.56 Å². The Hall–Kier alpha value is -1.82. The fourth-order valence-electron chi connectivity index (χ4n) is 1.35. The molecule has 1 amide bonds. The second-order valence-electron chi connectivity index (χ2n) is 3.79. The largest absolute Gasteiger partial charge is 0.358 e. The molecule has 1 aromatic carbocycles. The summed E-state index contributed by atoms with van der Waals surface area (Å²) in [5.74, 6) is 0.998. The van der Waals surface area contributed by atoms with E-state index < -0.39 is 0 Å². The molecule has 0 saturated carbocycles. The van der Waals surface area contributed by atoms with Gasteiger partial charge in [-0.05, 0) is 6.92 Å². The van der Waals surface area contributed by atoms with Gasteiger partial charge in [0.2, 0.25) is 11.1 Å². The summed E-state index contributed by atoms with van der Waals surface area (Å²) in [5.41, 5.74) is 2.19. The molecule has 0 aliphatic carbocycles. The van der Waals surface area contributed by atoms with Gasteiger partial charge in [-0.15, -0.1) is 5.10 Å². The van der Waals surface area contributed by atoms with Crippen molar-refractivity contribution in [3.8, 4) is 11.4 Å². The predicted molar refractivity (Wildman–Crippen MR) is 71.3 cm³/mol. The molecule has 1 heterocycles. The molecule has 6 heteroatoms. The van der Waals surface area contributed by atoms with E-state index in [2.05, 4.69) is 20.5 Å². The number of hydrogen-bond donors (Lipinski definition) is 2. The highest BCUT2D eigenvalue weighted by Crippen LogP contribution is 2.19. The molecule has 2 aromatic rings. The van der Waals surface area contributed by atoms with Crippen molar-refractivity contribution in [2.24, 2.45) is 0 Å². The first-order chi connectivity index (χ1) is 8.69. The third-order valence-corrected chi connectivity index (χ3v) is 3.25. The molecule has 0 spiro atoms. The number of aromatic nitrogens is 3. The molecule has 0 aliphatic rings. The van der Waals surface area contributed by atoms with E-state index >= 15 is 0 Å². The van der Waals surface area contributed by atoms with Gasteiger partial charge in [0.1, 0.15) is 0 Å². The van der Waals surface area contributed by atoms with Crippen LogP contribution in [0.25, 0.3) is 11.4 Å². The Labute approximate surface area is 109 Å². The minimum Gasteiger partial charge on any atom is -0.358 e. The van der Waals surface area contributed by atoms with E-state index in [1.165, 1.54) is 17.3 Å². The normalized spacial score (nSPS) is 10.3. The molecule has 94 valence electrons. The number of aryl methyl sites for hydroxylation is 1. The van der Waals surface area contributed by atoms with Crippen LogP contribution in [0.4, 0.5) is 0 Å². The maximum atomic E-state index is 11.1. The van der Waals surface area contributed by atoms with Gasteiger partial charge in [0, 0.05) is 12.6 Å². The van der Waals surface area contributed by atoms with Crippen LogP contribution in [0, 0.1) is 6.92 Å². The van der Waals surface area contributed by atoms with E-state index in [4.69, 9.17) is 0 Å². The zero-order valence-electron chi connectivity index (χ0n) is 10.2. The molecule has 0 saturated heterocycles. The van der Waals surface area contributed by atoms with E-state index in [0.717, 1.165) is 11.4 Å².